The van der Waals surface area contributed by atoms with E-state index in [4.69, 9.17) is 9.73 Å². The maximum atomic E-state index is 5.53. The number of hydrogen-bond acceptors (Lipinski definition) is 2. The topological polar surface area (TPSA) is 36.9 Å². The van der Waals surface area contributed by atoms with Gasteiger partial charge in [0.1, 0.15) is 0 Å². The molecule has 1 N–H and O–H groups in total. The molecular weight excluding hydrogens is 298 g/mol. The highest BCUT2D eigenvalue weighted by Gasteiger charge is 2.42. The summed E-state index contributed by atoms with van der Waals surface area (Å²) in [6, 6.07) is 8.72. The third-order valence-corrected chi connectivity index (χ3v) is 4.74. The number of nitrogens with one attached hydrogen (secondary N) is 1. The molecule has 0 aliphatic heterocycles. The first-order valence-corrected chi connectivity index (χ1v) is 9.21. The fourth-order valence-corrected chi connectivity index (χ4v) is 2.85. The fourth-order valence-electron chi connectivity index (χ4n) is 2.85. The predicted molar refractivity (Wildman–Crippen MR) is 101 cm³/mol. The van der Waals surface area contributed by atoms with Gasteiger partial charge in [-0.25, -0.2) is 0 Å². The minimum absolute atomic E-state index is 0.389. The van der Waals surface area contributed by atoms with E-state index in [0.29, 0.717) is 5.41 Å². The first-order chi connectivity index (χ1) is 11.6. The van der Waals surface area contributed by atoms with Crippen LogP contribution in [0.1, 0.15) is 44.2 Å². The summed E-state index contributed by atoms with van der Waals surface area (Å²) in [4.78, 5) is 7.13. The number of ether oxygens (including phenoxy) is 1. The van der Waals surface area contributed by atoms with Crippen LogP contribution in [0.2, 0.25) is 0 Å². The molecule has 4 nitrogen and oxygen atoms in total. The van der Waals surface area contributed by atoms with Gasteiger partial charge in [-0.05, 0) is 51.0 Å². The van der Waals surface area contributed by atoms with Crippen molar-refractivity contribution in [2.45, 2.75) is 46.6 Å². The van der Waals surface area contributed by atoms with Gasteiger partial charge in [0.2, 0.25) is 0 Å². The first kappa shape index (κ1) is 18.8. The van der Waals surface area contributed by atoms with E-state index in [-0.39, 0.29) is 0 Å². The summed E-state index contributed by atoms with van der Waals surface area (Å²) < 4.78 is 5.53. The monoisotopic (exact) mass is 331 g/mol. The van der Waals surface area contributed by atoms with Crippen molar-refractivity contribution in [3.8, 4) is 0 Å². The number of aryl methyl sites for hydroxylation is 1. The van der Waals surface area contributed by atoms with Crippen molar-refractivity contribution >= 4 is 5.96 Å². The Hall–Kier alpha value is -1.55. The maximum Gasteiger partial charge on any atom is 0.193 e. The number of hydrogen-bond donors (Lipinski definition) is 1. The van der Waals surface area contributed by atoms with Crippen molar-refractivity contribution in [2.75, 3.05) is 33.4 Å². The van der Waals surface area contributed by atoms with Gasteiger partial charge in [-0.1, -0.05) is 29.8 Å². The largest absolute Gasteiger partial charge is 0.382 e. The lowest BCUT2D eigenvalue weighted by atomic mass is 10.0. The molecule has 24 heavy (non-hydrogen) atoms. The summed E-state index contributed by atoms with van der Waals surface area (Å²) >= 11 is 0. The minimum Gasteiger partial charge on any atom is -0.382 e. The smallest absolute Gasteiger partial charge is 0.193 e. The highest BCUT2D eigenvalue weighted by molar-refractivity contribution is 5.79. The van der Waals surface area contributed by atoms with Gasteiger partial charge in [-0.3, -0.25) is 4.99 Å². The summed E-state index contributed by atoms with van der Waals surface area (Å²) in [6.45, 7) is 10.6. The Kier molecular flexibility index (Phi) is 7.10. The van der Waals surface area contributed by atoms with Gasteiger partial charge < -0.3 is 15.0 Å². The molecule has 1 aliphatic rings. The van der Waals surface area contributed by atoms with Crippen LogP contribution in [0.5, 0.6) is 0 Å². The molecule has 2 rings (SSSR count). The van der Waals surface area contributed by atoms with Crippen molar-refractivity contribution in [1.82, 2.24) is 10.2 Å². The summed E-state index contributed by atoms with van der Waals surface area (Å²) in [5.41, 5.74) is 3.00. The summed E-state index contributed by atoms with van der Waals surface area (Å²) in [7, 11) is 2.11. The van der Waals surface area contributed by atoms with Crippen LogP contribution in [0.4, 0.5) is 0 Å². The zero-order chi connectivity index (χ0) is 17.4. The molecule has 1 aliphatic carbocycles. The molecule has 1 aromatic rings. The molecule has 0 spiro atoms. The third-order valence-electron chi connectivity index (χ3n) is 4.74. The molecule has 0 radical (unpaired) electrons. The quantitative estimate of drug-likeness (QED) is 0.427. The molecule has 1 fully saturated rings. The molecule has 0 bridgehead atoms. The van der Waals surface area contributed by atoms with E-state index in [1.165, 1.54) is 24.0 Å². The second-order valence-electron chi connectivity index (χ2n) is 6.96. The Morgan fingerprint density at radius 3 is 2.54 bits per heavy atom. The van der Waals surface area contributed by atoms with Crippen molar-refractivity contribution in [1.29, 1.82) is 0 Å². The SMILES string of the molecule is CCNC(=NCC1(CCOCC)CC1)N(C)Cc1ccc(C)cc1. The molecule has 0 atom stereocenters. The molecule has 0 saturated heterocycles. The van der Waals surface area contributed by atoms with Crippen molar-refractivity contribution in [3.05, 3.63) is 35.4 Å². The van der Waals surface area contributed by atoms with Gasteiger partial charge in [0.15, 0.2) is 5.96 Å². The van der Waals surface area contributed by atoms with E-state index in [1.54, 1.807) is 0 Å². The summed E-state index contributed by atoms with van der Waals surface area (Å²) in [6.07, 6.45) is 3.70. The maximum absolute atomic E-state index is 5.53. The predicted octanol–water partition coefficient (Wildman–Crippen LogP) is 3.60. The number of guanidine groups is 1. The van der Waals surface area contributed by atoms with E-state index in [0.717, 1.165) is 45.2 Å². The fraction of sp³-hybridized carbons (Fsp3) is 0.650. The number of benzene rings is 1. The van der Waals surface area contributed by atoms with Gasteiger partial charge in [0.05, 0.1) is 0 Å². The van der Waals surface area contributed by atoms with Crippen LogP contribution in [-0.4, -0.2) is 44.2 Å². The van der Waals surface area contributed by atoms with E-state index in [9.17, 15) is 0 Å². The van der Waals surface area contributed by atoms with Crippen LogP contribution in [-0.2, 0) is 11.3 Å². The Bertz CT molecular complexity index is 520. The Morgan fingerprint density at radius 2 is 1.96 bits per heavy atom. The van der Waals surface area contributed by atoms with Gasteiger partial charge >= 0.3 is 0 Å². The Morgan fingerprint density at radius 1 is 1.25 bits per heavy atom. The zero-order valence-corrected chi connectivity index (χ0v) is 15.8. The minimum atomic E-state index is 0.389. The van der Waals surface area contributed by atoms with Crippen LogP contribution in [0.3, 0.4) is 0 Å². The second kappa shape index (κ2) is 9.07. The highest BCUT2D eigenvalue weighted by atomic mass is 16.5. The molecule has 4 heteroatoms. The summed E-state index contributed by atoms with van der Waals surface area (Å²) in [5.74, 6) is 1.00. The molecule has 1 saturated carbocycles. The molecule has 0 aromatic heterocycles. The van der Waals surface area contributed by atoms with Crippen molar-refractivity contribution in [3.63, 3.8) is 0 Å². The highest BCUT2D eigenvalue weighted by Crippen LogP contribution is 2.49. The molecular formula is C20H33N3O. The molecule has 0 unspecified atom stereocenters. The molecule has 134 valence electrons. The normalized spacial score (nSPS) is 16.1. The van der Waals surface area contributed by atoms with Crippen LogP contribution < -0.4 is 5.32 Å². The van der Waals surface area contributed by atoms with Crippen molar-refractivity contribution in [2.24, 2.45) is 10.4 Å². The molecule has 0 amide bonds. The van der Waals surface area contributed by atoms with Crippen LogP contribution in [0, 0.1) is 12.3 Å². The van der Waals surface area contributed by atoms with Crippen molar-refractivity contribution < 1.29 is 4.74 Å². The van der Waals surface area contributed by atoms with Crippen LogP contribution in [0.25, 0.3) is 0 Å². The lowest BCUT2D eigenvalue weighted by Gasteiger charge is -2.23. The Labute approximate surface area is 147 Å². The van der Waals surface area contributed by atoms with E-state index >= 15 is 0 Å². The molecule has 1 aromatic carbocycles. The standard InChI is InChI=1S/C20H33N3O/c1-5-21-19(22-16-20(11-12-20)13-14-24-6-2)23(4)15-18-9-7-17(3)8-10-18/h7-10H,5-6,11-16H2,1-4H3,(H,21,22). The second-order valence-corrected chi connectivity index (χ2v) is 6.96. The third kappa shape index (κ3) is 5.82. The van der Waals surface area contributed by atoms with E-state index < -0.39 is 0 Å². The van der Waals surface area contributed by atoms with Crippen LogP contribution >= 0.6 is 0 Å². The van der Waals surface area contributed by atoms with Gasteiger partial charge in [-0.2, -0.15) is 0 Å². The summed E-state index contributed by atoms with van der Waals surface area (Å²) in [5, 5.41) is 3.43. The average molecular weight is 332 g/mol. The Balaban J connectivity index is 1.93. The number of rotatable bonds is 9. The van der Waals surface area contributed by atoms with Crippen LogP contribution in [0.15, 0.2) is 29.3 Å². The molecule has 0 heterocycles. The lowest BCUT2D eigenvalue weighted by molar-refractivity contribution is 0.129. The zero-order valence-electron chi connectivity index (χ0n) is 15.8. The average Bonchev–Trinajstić information content (AvgIpc) is 3.34. The van der Waals surface area contributed by atoms with Gasteiger partial charge in [-0.15, -0.1) is 0 Å². The first-order valence-electron chi connectivity index (χ1n) is 9.21. The van der Waals surface area contributed by atoms with Gasteiger partial charge in [0, 0.05) is 39.9 Å². The number of aliphatic imine (C=N–C) groups is 1. The van der Waals surface area contributed by atoms with Gasteiger partial charge in [0.25, 0.3) is 0 Å². The lowest BCUT2D eigenvalue weighted by Crippen LogP contribution is -2.39. The van der Waals surface area contributed by atoms with E-state index in [2.05, 4.69) is 62.3 Å². The van der Waals surface area contributed by atoms with E-state index in [1.807, 2.05) is 0 Å². The number of nitrogens with zero attached hydrogens (tertiary/aromatic N) is 2.